The quantitative estimate of drug-likeness (QED) is 0.806. The van der Waals surface area contributed by atoms with Gasteiger partial charge in [-0.2, -0.15) is 0 Å². The molecule has 6 nitrogen and oxygen atoms in total. The summed E-state index contributed by atoms with van der Waals surface area (Å²) in [6.07, 6.45) is 5.00. The summed E-state index contributed by atoms with van der Waals surface area (Å²) in [5.74, 6) is 2.32. The van der Waals surface area contributed by atoms with E-state index in [4.69, 9.17) is 14.2 Å². The summed E-state index contributed by atoms with van der Waals surface area (Å²) in [5, 5.41) is 11.7. The van der Waals surface area contributed by atoms with E-state index in [1.165, 1.54) is 6.42 Å². The van der Waals surface area contributed by atoms with E-state index in [9.17, 15) is 5.11 Å². The Morgan fingerprint density at radius 2 is 1.69 bits per heavy atom. The van der Waals surface area contributed by atoms with Gasteiger partial charge in [-0.3, -0.25) is 9.88 Å². The molecular formula is C23H30N2O4. The molecule has 1 aromatic carbocycles. The van der Waals surface area contributed by atoms with Crippen molar-refractivity contribution in [1.29, 1.82) is 0 Å². The molecule has 29 heavy (non-hydrogen) atoms. The summed E-state index contributed by atoms with van der Waals surface area (Å²) in [4.78, 5) is 6.95. The maximum Gasteiger partial charge on any atom is 0.203 e. The summed E-state index contributed by atoms with van der Waals surface area (Å²) >= 11 is 0. The lowest BCUT2D eigenvalue weighted by Gasteiger charge is -2.52. The molecule has 0 amide bonds. The minimum absolute atomic E-state index is 0.187. The number of hydrogen-bond donors (Lipinski definition) is 1. The number of methoxy groups -OCH3 is 3. The molecule has 2 atom stereocenters. The highest BCUT2D eigenvalue weighted by Crippen LogP contribution is 2.49. The zero-order chi connectivity index (χ0) is 20.4. The van der Waals surface area contributed by atoms with Gasteiger partial charge in [0, 0.05) is 37.7 Å². The van der Waals surface area contributed by atoms with E-state index in [2.05, 4.69) is 9.88 Å². The third-order valence-electron chi connectivity index (χ3n) is 6.51. The first-order chi connectivity index (χ1) is 14.1. The summed E-state index contributed by atoms with van der Waals surface area (Å²) in [6.45, 7) is 2.47. The molecule has 2 bridgehead atoms. The maximum atomic E-state index is 11.7. The molecule has 1 saturated carbocycles. The number of fused-ring (bicyclic) bond motifs is 2. The molecule has 6 heteroatoms. The molecule has 4 rings (SSSR count). The van der Waals surface area contributed by atoms with Gasteiger partial charge in [-0.1, -0.05) is 12.5 Å². The standard InChI is InChI=1S/C23H30N2O4/c1-27-19-11-16(12-20(28-2)22(19)29-3)13-25-14-17-7-6-8-18(15-25)23(17,26)21-9-4-5-10-24-21/h4-5,9-12,17-18,26H,6-8,13-15H2,1-3H3. The highest BCUT2D eigenvalue weighted by Gasteiger charge is 2.52. The number of hydrogen-bond acceptors (Lipinski definition) is 6. The van der Waals surface area contributed by atoms with Crippen LogP contribution in [0.3, 0.4) is 0 Å². The molecule has 1 N–H and O–H groups in total. The monoisotopic (exact) mass is 398 g/mol. The minimum atomic E-state index is -0.828. The van der Waals surface area contributed by atoms with E-state index in [1.807, 2.05) is 30.3 Å². The van der Waals surface area contributed by atoms with Gasteiger partial charge < -0.3 is 19.3 Å². The van der Waals surface area contributed by atoms with Gasteiger partial charge in [-0.25, -0.2) is 0 Å². The van der Waals surface area contributed by atoms with Gasteiger partial charge in [0.2, 0.25) is 5.75 Å². The Balaban J connectivity index is 1.57. The lowest BCUT2D eigenvalue weighted by Crippen LogP contribution is -2.58. The lowest BCUT2D eigenvalue weighted by atomic mass is 9.64. The highest BCUT2D eigenvalue weighted by molar-refractivity contribution is 5.53. The molecule has 1 aliphatic carbocycles. The molecule has 2 aliphatic rings. The first kappa shape index (κ1) is 20.0. The van der Waals surface area contributed by atoms with Crippen molar-refractivity contribution in [3.8, 4) is 17.2 Å². The first-order valence-electron chi connectivity index (χ1n) is 10.2. The van der Waals surface area contributed by atoms with Crippen LogP contribution in [-0.4, -0.2) is 49.4 Å². The van der Waals surface area contributed by atoms with Crippen molar-refractivity contribution in [2.45, 2.75) is 31.4 Å². The van der Waals surface area contributed by atoms with Crippen molar-refractivity contribution in [2.24, 2.45) is 11.8 Å². The Labute approximate surface area is 172 Å². The van der Waals surface area contributed by atoms with Crippen molar-refractivity contribution in [2.75, 3.05) is 34.4 Å². The van der Waals surface area contributed by atoms with Gasteiger partial charge in [0.15, 0.2) is 11.5 Å². The summed E-state index contributed by atoms with van der Waals surface area (Å²) in [6, 6.07) is 9.87. The third-order valence-corrected chi connectivity index (χ3v) is 6.51. The first-order valence-corrected chi connectivity index (χ1v) is 10.2. The number of piperidine rings is 1. The molecule has 1 aliphatic heterocycles. The Hall–Kier alpha value is -2.31. The van der Waals surface area contributed by atoms with Crippen LogP contribution >= 0.6 is 0 Å². The number of likely N-dealkylation sites (tertiary alicyclic amines) is 1. The Kier molecular flexibility index (Phi) is 5.65. The van der Waals surface area contributed by atoms with E-state index >= 15 is 0 Å². The maximum absolute atomic E-state index is 11.7. The molecule has 2 heterocycles. The average molecular weight is 399 g/mol. The van der Waals surface area contributed by atoms with E-state index < -0.39 is 5.60 Å². The topological polar surface area (TPSA) is 64.1 Å². The number of ether oxygens (including phenoxy) is 3. The van der Waals surface area contributed by atoms with Crippen LogP contribution in [0.5, 0.6) is 17.2 Å². The second kappa shape index (κ2) is 8.20. The molecule has 1 aromatic heterocycles. The molecule has 1 saturated heterocycles. The predicted octanol–water partition coefficient (Wildman–Crippen LogP) is 3.23. The summed E-state index contributed by atoms with van der Waals surface area (Å²) in [7, 11) is 4.89. The molecule has 0 spiro atoms. The van der Waals surface area contributed by atoms with Crippen LogP contribution in [0, 0.1) is 11.8 Å². The SMILES string of the molecule is COc1cc(CN2CC3CCCC(C2)C3(O)c2ccccn2)cc(OC)c1OC. The highest BCUT2D eigenvalue weighted by atomic mass is 16.5. The number of aromatic nitrogens is 1. The largest absolute Gasteiger partial charge is 0.493 e. The fraction of sp³-hybridized carbons (Fsp3) is 0.522. The van der Waals surface area contributed by atoms with Crippen molar-refractivity contribution < 1.29 is 19.3 Å². The van der Waals surface area contributed by atoms with E-state index in [-0.39, 0.29) is 11.8 Å². The van der Waals surface area contributed by atoms with E-state index in [1.54, 1.807) is 27.5 Å². The fourth-order valence-electron chi connectivity index (χ4n) is 5.17. The second-order valence-corrected chi connectivity index (χ2v) is 8.09. The van der Waals surface area contributed by atoms with Crippen molar-refractivity contribution >= 4 is 0 Å². The Bertz CT molecular complexity index is 803. The normalized spacial score (nSPS) is 26.8. The Morgan fingerprint density at radius 3 is 2.21 bits per heavy atom. The number of rotatable bonds is 6. The average Bonchev–Trinajstić information content (AvgIpc) is 2.74. The molecule has 2 fully saturated rings. The van der Waals surface area contributed by atoms with Crippen LogP contribution < -0.4 is 14.2 Å². The fourth-order valence-corrected chi connectivity index (χ4v) is 5.17. The van der Waals surface area contributed by atoms with Gasteiger partial charge in [-0.15, -0.1) is 0 Å². The third kappa shape index (κ3) is 3.55. The van der Waals surface area contributed by atoms with Crippen LogP contribution in [0.15, 0.2) is 36.5 Å². The van der Waals surface area contributed by atoms with Crippen molar-refractivity contribution in [3.05, 3.63) is 47.8 Å². The summed E-state index contributed by atoms with van der Waals surface area (Å²) in [5.41, 5.74) is 1.11. The van der Waals surface area contributed by atoms with E-state index in [0.717, 1.165) is 43.7 Å². The van der Waals surface area contributed by atoms with Crippen LogP contribution in [0.25, 0.3) is 0 Å². The van der Waals surface area contributed by atoms with E-state index in [0.29, 0.717) is 17.2 Å². The van der Waals surface area contributed by atoms with Crippen LogP contribution in [0.2, 0.25) is 0 Å². The molecule has 2 aromatic rings. The van der Waals surface area contributed by atoms with Gasteiger partial charge in [-0.05, 0) is 42.7 Å². The second-order valence-electron chi connectivity index (χ2n) is 8.09. The predicted molar refractivity (Wildman–Crippen MR) is 110 cm³/mol. The lowest BCUT2D eigenvalue weighted by molar-refractivity contribution is -0.151. The molecular weight excluding hydrogens is 368 g/mol. The van der Waals surface area contributed by atoms with Gasteiger partial charge in [0.25, 0.3) is 0 Å². The number of nitrogens with zero attached hydrogens (tertiary/aromatic N) is 2. The molecule has 0 radical (unpaired) electrons. The van der Waals surface area contributed by atoms with Crippen molar-refractivity contribution in [3.63, 3.8) is 0 Å². The number of aliphatic hydroxyl groups is 1. The van der Waals surface area contributed by atoms with Gasteiger partial charge >= 0.3 is 0 Å². The molecule has 2 unspecified atom stereocenters. The van der Waals surface area contributed by atoms with Crippen LogP contribution in [-0.2, 0) is 12.1 Å². The van der Waals surface area contributed by atoms with Gasteiger partial charge in [0.05, 0.1) is 27.0 Å². The zero-order valence-corrected chi connectivity index (χ0v) is 17.4. The number of pyridine rings is 1. The molecule has 156 valence electrons. The summed E-state index contributed by atoms with van der Waals surface area (Å²) < 4.78 is 16.4. The van der Waals surface area contributed by atoms with Crippen LogP contribution in [0.4, 0.5) is 0 Å². The zero-order valence-electron chi connectivity index (χ0n) is 17.4. The minimum Gasteiger partial charge on any atom is -0.493 e. The van der Waals surface area contributed by atoms with Gasteiger partial charge in [0.1, 0.15) is 5.60 Å². The smallest absolute Gasteiger partial charge is 0.203 e. The van der Waals surface area contributed by atoms with Crippen molar-refractivity contribution in [1.82, 2.24) is 9.88 Å². The number of benzene rings is 1. The van der Waals surface area contributed by atoms with Crippen LogP contribution in [0.1, 0.15) is 30.5 Å². The Morgan fingerprint density at radius 1 is 1.03 bits per heavy atom.